The van der Waals surface area contributed by atoms with Crippen LogP contribution < -0.4 is 10.1 Å². The fourth-order valence-corrected chi connectivity index (χ4v) is 3.32. The molecule has 2 aromatic rings. The van der Waals surface area contributed by atoms with Gasteiger partial charge in [0, 0.05) is 12.1 Å². The number of amides is 1. The van der Waals surface area contributed by atoms with Crippen molar-refractivity contribution in [1.82, 2.24) is 5.32 Å². The summed E-state index contributed by atoms with van der Waals surface area (Å²) in [6.07, 6.45) is 1.50. The molecule has 27 heavy (non-hydrogen) atoms. The molecule has 0 atom stereocenters. The number of aliphatic carboxylic acids is 1. The van der Waals surface area contributed by atoms with E-state index in [0.29, 0.717) is 24.2 Å². The molecule has 1 saturated carbocycles. The fraction of sp³-hybridized carbons (Fsp3) is 0.300. The number of carboxylic acids is 1. The quantitative estimate of drug-likeness (QED) is 0.780. The first kappa shape index (κ1) is 18.8. The van der Waals surface area contributed by atoms with Gasteiger partial charge in [-0.05, 0) is 42.7 Å². The standard InChI is InChI=1S/C20H19F2NO4/c21-15-6-2-7-16(22)18(15)20(8-3-9-20)19(26)23-11-13-4-1-5-14(10-13)27-12-17(24)25/h1-2,4-7,10H,3,8-9,11-12H2,(H,23,26)(H,24,25). The van der Waals surface area contributed by atoms with Crippen LogP contribution in [-0.2, 0) is 21.5 Å². The van der Waals surface area contributed by atoms with Gasteiger partial charge in [-0.2, -0.15) is 0 Å². The van der Waals surface area contributed by atoms with Crippen LogP contribution in [0.2, 0.25) is 0 Å². The number of ether oxygens (including phenoxy) is 1. The highest BCUT2D eigenvalue weighted by atomic mass is 19.1. The van der Waals surface area contributed by atoms with Crippen molar-refractivity contribution in [2.24, 2.45) is 0 Å². The van der Waals surface area contributed by atoms with Gasteiger partial charge in [-0.25, -0.2) is 13.6 Å². The van der Waals surface area contributed by atoms with E-state index in [0.717, 1.165) is 18.6 Å². The molecule has 1 aliphatic rings. The molecule has 3 rings (SSSR count). The Hall–Kier alpha value is -2.96. The summed E-state index contributed by atoms with van der Waals surface area (Å²) in [5, 5.41) is 11.4. The molecule has 0 heterocycles. The molecule has 0 saturated heterocycles. The average molecular weight is 375 g/mol. The van der Waals surface area contributed by atoms with Crippen LogP contribution >= 0.6 is 0 Å². The third-order valence-electron chi connectivity index (χ3n) is 4.80. The van der Waals surface area contributed by atoms with E-state index in [-0.39, 0.29) is 12.1 Å². The maximum absolute atomic E-state index is 14.2. The minimum Gasteiger partial charge on any atom is -0.482 e. The monoisotopic (exact) mass is 375 g/mol. The zero-order valence-corrected chi connectivity index (χ0v) is 14.5. The first-order chi connectivity index (χ1) is 12.9. The SMILES string of the molecule is O=C(O)COc1cccc(CNC(=O)C2(c3c(F)cccc3F)CCC2)c1. The lowest BCUT2D eigenvalue weighted by Crippen LogP contribution is -2.50. The van der Waals surface area contributed by atoms with E-state index in [4.69, 9.17) is 9.84 Å². The van der Waals surface area contributed by atoms with E-state index in [1.54, 1.807) is 24.3 Å². The van der Waals surface area contributed by atoms with Gasteiger partial charge in [0.1, 0.15) is 17.4 Å². The molecule has 2 N–H and O–H groups in total. The second-order valence-corrected chi connectivity index (χ2v) is 6.54. The van der Waals surface area contributed by atoms with E-state index < -0.39 is 35.5 Å². The van der Waals surface area contributed by atoms with Crippen molar-refractivity contribution in [3.8, 4) is 5.75 Å². The first-order valence-electron chi connectivity index (χ1n) is 8.59. The second kappa shape index (κ2) is 7.73. The topological polar surface area (TPSA) is 75.6 Å². The van der Waals surface area contributed by atoms with Crippen molar-refractivity contribution in [3.05, 3.63) is 65.2 Å². The van der Waals surface area contributed by atoms with Crippen molar-refractivity contribution in [3.63, 3.8) is 0 Å². The van der Waals surface area contributed by atoms with Gasteiger partial charge in [0.25, 0.3) is 0 Å². The Morgan fingerprint density at radius 1 is 1.11 bits per heavy atom. The molecule has 1 amide bonds. The van der Waals surface area contributed by atoms with Gasteiger partial charge in [-0.3, -0.25) is 4.79 Å². The molecule has 0 aliphatic heterocycles. The van der Waals surface area contributed by atoms with Gasteiger partial charge in [0.2, 0.25) is 5.91 Å². The van der Waals surface area contributed by atoms with Crippen molar-refractivity contribution < 1.29 is 28.2 Å². The maximum Gasteiger partial charge on any atom is 0.341 e. The van der Waals surface area contributed by atoms with Crippen LogP contribution in [0.25, 0.3) is 0 Å². The summed E-state index contributed by atoms with van der Waals surface area (Å²) in [6.45, 7) is -0.327. The lowest BCUT2D eigenvalue weighted by atomic mass is 9.63. The van der Waals surface area contributed by atoms with Crippen LogP contribution in [0.15, 0.2) is 42.5 Å². The predicted molar refractivity (Wildman–Crippen MR) is 93.3 cm³/mol. The summed E-state index contributed by atoms with van der Waals surface area (Å²) in [6, 6.07) is 10.2. The first-order valence-corrected chi connectivity index (χ1v) is 8.59. The minimum atomic E-state index is -1.19. The molecule has 1 fully saturated rings. The lowest BCUT2D eigenvalue weighted by Gasteiger charge is -2.40. The number of hydrogen-bond donors (Lipinski definition) is 2. The Morgan fingerprint density at radius 3 is 2.37 bits per heavy atom. The summed E-state index contributed by atoms with van der Waals surface area (Å²) in [7, 11) is 0. The highest BCUT2D eigenvalue weighted by Gasteiger charge is 2.48. The summed E-state index contributed by atoms with van der Waals surface area (Å²) >= 11 is 0. The summed E-state index contributed by atoms with van der Waals surface area (Å²) in [5.74, 6) is -2.58. The Kier molecular flexibility index (Phi) is 5.39. The molecule has 7 heteroatoms. The van der Waals surface area contributed by atoms with Crippen molar-refractivity contribution >= 4 is 11.9 Å². The van der Waals surface area contributed by atoms with E-state index in [1.807, 2.05) is 0 Å². The number of carbonyl (C=O) groups is 2. The van der Waals surface area contributed by atoms with Gasteiger partial charge in [-0.15, -0.1) is 0 Å². The molecule has 2 aromatic carbocycles. The van der Waals surface area contributed by atoms with Gasteiger partial charge in [0.15, 0.2) is 6.61 Å². The van der Waals surface area contributed by atoms with Crippen LogP contribution in [0.4, 0.5) is 8.78 Å². The van der Waals surface area contributed by atoms with Crippen LogP contribution in [0, 0.1) is 11.6 Å². The molecule has 0 spiro atoms. The molecule has 0 bridgehead atoms. The third-order valence-corrected chi connectivity index (χ3v) is 4.80. The second-order valence-electron chi connectivity index (χ2n) is 6.54. The number of benzene rings is 2. The number of halogens is 2. The maximum atomic E-state index is 14.2. The fourth-order valence-electron chi connectivity index (χ4n) is 3.32. The molecule has 0 radical (unpaired) electrons. The number of hydrogen-bond acceptors (Lipinski definition) is 3. The zero-order valence-electron chi connectivity index (χ0n) is 14.5. The van der Waals surface area contributed by atoms with Crippen LogP contribution in [0.1, 0.15) is 30.4 Å². The smallest absolute Gasteiger partial charge is 0.341 e. The normalized spacial score (nSPS) is 14.9. The highest BCUT2D eigenvalue weighted by molar-refractivity contribution is 5.89. The Bertz CT molecular complexity index is 845. The number of nitrogens with one attached hydrogen (secondary N) is 1. The van der Waals surface area contributed by atoms with E-state index >= 15 is 0 Å². The van der Waals surface area contributed by atoms with E-state index in [2.05, 4.69) is 5.32 Å². The number of carboxylic acid groups (broad SMARTS) is 1. The van der Waals surface area contributed by atoms with Gasteiger partial charge in [0.05, 0.1) is 5.41 Å². The van der Waals surface area contributed by atoms with Gasteiger partial charge >= 0.3 is 5.97 Å². The Balaban J connectivity index is 1.72. The Morgan fingerprint density at radius 2 is 1.78 bits per heavy atom. The number of carbonyl (C=O) groups excluding carboxylic acids is 1. The average Bonchev–Trinajstić information content (AvgIpc) is 2.60. The van der Waals surface area contributed by atoms with Crippen molar-refractivity contribution in [2.75, 3.05) is 6.61 Å². The van der Waals surface area contributed by atoms with Gasteiger partial charge in [-0.1, -0.05) is 24.6 Å². The molecule has 142 valence electrons. The predicted octanol–water partition coefficient (Wildman–Crippen LogP) is 3.17. The third kappa shape index (κ3) is 3.92. The molecule has 5 nitrogen and oxygen atoms in total. The van der Waals surface area contributed by atoms with Crippen LogP contribution in [-0.4, -0.2) is 23.6 Å². The van der Waals surface area contributed by atoms with Crippen molar-refractivity contribution in [2.45, 2.75) is 31.2 Å². The molecular weight excluding hydrogens is 356 g/mol. The van der Waals surface area contributed by atoms with Crippen LogP contribution in [0.5, 0.6) is 5.75 Å². The summed E-state index contributed by atoms with van der Waals surface area (Å²) in [4.78, 5) is 23.3. The molecule has 0 unspecified atom stereocenters. The molecule has 0 aromatic heterocycles. The molecule has 1 aliphatic carbocycles. The largest absolute Gasteiger partial charge is 0.482 e. The lowest BCUT2D eigenvalue weighted by molar-refractivity contribution is -0.139. The molecular formula is C20H19F2NO4. The van der Waals surface area contributed by atoms with E-state index in [1.165, 1.54) is 6.07 Å². The highest BCUT2D eigenvalue weighted by Crippen LogP contribution is 2.46. The Labute approximate surface area is 155 Å². The summed E-state index contributed by atoms with van der Waals surface area (Å²) < 4.78 is 33.5. The van der Waals surface area contributed by atoms with Crippen LogP contribution in [0.3, 0.4) is 0 Å². The number of rotatable bonds is 7. The zero-order chi connectivity index (χ0) is 19.4. The van der Waals surface area contributed by atoms with E-state index in [9.17, 15) is 18.4 Å². The minimum absolute atomic E-state index is 0.140. The van der Waals surface area contributed by atoms with Gasteiger partial charge < -0.3 is 15.2 Å². The van der Waals surface area contributed by atoms with Crippen molar-refractivity contribution in [1.29, 1.82) is 0 Å². The summed E-state index contributed by atoms with van der Waals surface area (Å²) in [5.41, 5.74) is -0.672.